The van der Waals surface area contributed by atoms with Gasteiger partial charge in [-0.3, -0.25) is 4.79 Å². The number of nitrogens with zero attached hydrogens (tertiary/aromatic N) is 1. The van der Waals surface area contributed by atoms with Crippen molar-refractivity contribution in [3.05, 3.63) is 59.7 Å². The van der Waals surface area contributed by atoms with E-state index in [1.54, 1.807) is 37.4 Å². The molecule has 1 saturated heterocycles. The minimum Gasteiger partial charge on any atom is -0.478 e. The minimum atomic E-state index is -0.993. The van der Waals surface area contributed by atoms with E-state index in [-0.39, 0.29) is 11.5 Å². The molecular formula is C23H27NO4. The molecule has 1 fully saturated rings. The number of hydrogen-bond acceptors (Lipinski definition) is 3. The number of likely N-dealkylation sites (tertiary alicyclic amines) is 1. The Kier molecular flexibility index (Phi) is 6.82. The van der Waals surface area contributed by atoms with Crippen LogP contribution in [0.2, 0.25) is 0 Å². The molecule has 1 atom stereocenters. The highest BCUT2D eigenvalue weighted by molar-refractivity contribution is 6.04. The number of aromatic carboxylic acids is 1. The molecule has 0 radical (unpaired) electrons. The second-order valence-electron chi connectivity index (χ2n) is 7.29. The molecule has 2 aromatic rings. The molecule has 1 heterocycles. The van der Waals surface area contributed by atoms with Crippen LogP contribution in [-0.4, -0.2) is 48.7 Å². The molecule has 0 bridgehead atoms. The van der Waals surface area contributed by atoms with E-state index in [0.717, 1.165) is 38.8 Å². The van der Waals surface area contributed by atoms with Crippen molar-refractivity contribution in [2.75, 3.05) is 26.8 Å². The summed E-state index contributed by atoms with van der Waals surface area (Å²) in [5, 5.41) is 9.55. The lowest BCUT2D eigenvalue weighted by Crippen LogP contribution is -2.35. The van der Waals surface area contributed by atoms with Crippen LogP contribution in [0.3, 0.4) is 0 Å². The highest BCUT2D eigenvalue weighted by Crippen LogP contribution is 2.29. The minimum absolute atomic E-state index is 0.0277. The molecule has 28 heavy (non-hydrogen) atoms. The van der Waals surface area contributed by atoms with Gasteiger partial charge < -0.3 is 14.7 Å². The quantitative estimate of drug-likeness (QED) is 0.809. The van der Waals surface area contributed by atoms with Crippen LogP contribution in [0, 0.1) is 5.92 Å². The van der Waals surface area contributed by atoms with Gasteiger partial charge in [0.25, 0.3) is 5.91 Å². The first-order valence-electron chi connectivity index (χ1n) is 9.81. The summed E-state index contributed by atoms with van der Waals surface area (Å²) in [5.41, 5.74) is 2.01. The Morgan fingerprint density at radius 1 is 1.04 bits per heavy atom. The van der Waals surface area contributed by atoms with Gasteiger partial charge in [-0.2, -0.15) is 0 Å². The number of ether oxygens (including phenoxy) is 1. The summed E-state index contributed by atoms with van der Waals surface area (Å²) in [6.45, 7) is 2.16. The third-order valence-corrected chi connectivity index (χ3v) is 5.39. The van der Waals surface area contributed by atoms with Gasteiger partial charge in [0.15, 0.2) is 0 Å². The molecule has 1 aliphatic heterocycles. The summed E-state index contributed by atoms with van der Waals surface area (Å²) in [6, 6.07) is 14.1. The molecule has 2 aromatic carbocycles. The standard InChI is InChI=1S/C23H27NO4/c1-28-15-13-17-8-6-7-14-24(16-17)22(25)20-11-4-2-9-18(20)19-10-3-5-12-21(19)23(26)27/h2-5,9-12,17H,6-8,13-16H2,1H3,(H,26,27). The van der Waals surface area contributed by atoms with E-state index in [1.807, 2.05) is 23.1 Å². The molecule has 5 heteroatoms. The summed E-state index contributed by atoms with van der Waals surface area (Å²) in [7, 11) is 1.70. The Morgan fingerprint density at radius 3 is 2.36 bits per heavy atom. The van der Waals surface area contributed by atoms with Gasteiger partial charge in [0.05, 0.1) is 5.56 Å². The number of carboxylic acid groups (broad SMARTS) is 1. The number of carbonyl (C=O) groups excluding carboxylic acids is 1. The summed E-state index contributed by atoms with van der Waals surface area (Å²) in [6.07, 6.45) is 4.16. The summed E-state index contributed by atoms with van der Waals surface area (Å²) in [4.78, 5) is 27.0. The molecule has 1 aliphatic rings. The molecule has 1 unspecified atom stereocenters. The molecule has 3 rings (SSSR count). The largest absolute Gasteiger partial charge is 0.478 e. The second-order valence-corrected chi connectivity index (χ2v) is 7.29. The molecule has 0 aromatic heterocycles. The van der Waals surface area contributed by atoms with Gasteiger partial charge in [-0.15, -0.1) is 0 Å². The average molecular weight is 381 g/mol. The van der Waals surface area contributed by atoms with E-state index in [1.165, 1.54) is 0 Å². The Balaban J connectivity index is 1.92. The maximum absolute atomic E-state index is 13.4. The number of hydrogen-bond donors (Lipinski definition) is 1. The Morgan fingerprint density at radius 2 is 1.68 bits per heavy atom. The molecular weight excluding hydrogens is 354 g/mol. The van der Waals surface area contributed by atoms with Crippen LogP contribution in [0.4, 0.5) is 0 Å². The van der Waals surface area contributed by atoms with Crippen LogP contribution in [0.15, 0.2) is 48.5 Å². The molecule has 0 aliphatic carbocycles. The van der Waals surface area contributed by atoms with Gasteiger partial charge in [0, 0.05) is 32.4 Å². The molecule has 148 valence electrons. The number of benzene rings is 2. The zero-order valence-electron chi connectivity index (χ0n) is 16.3. The number of rotatable bonds is 6. The SMILES string of the molecule is COCCC1CCCCN(C(=O)c2ccccc2-c2ccccc2C(=O)O)C1. The molecule has 0 spiro atoms. The van der Waals surface area contributed by atoms with Crippen molar-refractivity contribution in [3.63, 3.8) is 0 Å². The zero-order valence-corrected chi connectivity index (χ0v) is 16.3. The van der Waals surface area contributed by atoms with Gasteiger partial charge in [-0.25, -0.2) is 4.79 Å². The third kappa shape index (κ3) is 4.60. The van der Waals surface area contributed by atoms with Crippen LogP contribution in [0.5, 0.6) is 0 Å². The normalized spacial score (nSPS) is 17.2. The van der Waals surface area contributed by atoms with E-state index >= 15 is 0 Å². The maximum Gasteiger partial charge on any atom is 0.336 e. The van der Waals surface area contributed by atoms with E-state index < -0.39 is 5.97 Å². The van der Waals surface area contributed by atoms with Gasteiger partial charge in [0.2, 0.25) is 0 Å². The lowest BCUT2D eigenvalue weighted by atomic mass is 9.94. The fourth-order valence-electron chi connectivity index (χ4n) is 3.91. The monoisotopic (exact) mass is 381 g/mol. The smallest absolute Gasteiger partial charge is 0.336 e. The zero-order chi connectivity index (χ0) is 19.9. The molecule has 5 nitrogen and oxygen atoms in total. The predicted molar refractivity (Wildman–Crippen MR) is 109 cm³/mol. The van der Waals surface area contributed by atoms with Crippen molar-refractivity contribution in [3.8, 4) is 11.1 Å². The van der Waals surface area contributed by atoms with Crippen LogP contribution < -0.4 is 0 Å². The lowest BCUT2D eigenvalue weighted by molar-refractivity contribution is 0.0694. The van der Waals surface area contributed by atoms with Crippen LogP contribution >= 0.6 is 0 Å². The second kappa shape index (κ2) is 9.51. The Bertz CT molecular complexity index is 833. The summed E-state index contributed by atoms with van der Waals surface area (Å²) in [5.74, 6) is -0.586. The first kappa shape index (κ1) is 20.1. The predicted octanol–water partition coefficient (Wildman–Crippen LogP) is 4.33. The average Bonchev–Trinajstić information content (AvgIpc) is 2.97. The van der Waals surface area contributed by atoms with Crippen molar-refractivity contribution < 1.29 is 19.4 Å². The van der Waals surface area contributed by atoms with Crippen molar-refractivity contribution in [2.24, 2.45) is 5.92 Å². The van der Waals surface area contributed by atoms with Gasteiger partial charge in [-0.1, -0.05) is 42.8 Å². The van der Waals surface area contributed by atoms with Gasteiger partial charge in [-0.05, 0) is 48.4 Å². The van der Waals surface area contributed by atoms with Crippen molar-refractivity contribution in [1.29, 1.82) is 0 Å². The summed E-state index contributed by atoms with van der Waals surface area (Å²) >= 11 is 0. The van der Waals surface area contributed by atoms with Crippen LogP contribution in [0.25, 0.3) is 11.1 Å². The number of carbonyl (C=O) groups is 2. The van der Waals surface area contributed by atoms with E-state index in [0.29, 0.717) is 29.2 Å². The number of methoxy groups -OCH3 is 1. The Labute approximate surface area is 165 Å². The summed E-state index contributed by atoms with van der Waals surface area (Å²) < 4.78 is 5.22. The van der Waals surface area contributed by atoms with Crippen LogP contribution in [0.1, 0.15) is 46.4 Å². The maximum atomic E-state index is 13.4. The van der Waals surface area contributed by atoms with Gasteiger partial charge in [0.1, 0.15) is 0 Å². The Hall–Kier alpha value is -2.66. The fourth-order valence-corrected chi connectivity index (χ4v) is 3.91. The number of amides is 1. The molecule has 1 amide bonds. The third-order valence-electron chi connectivity index (χ3n) is 5.39. The fraction of sp³-hybridized carbons (Fsp3) is 0.391. The van der Waals surface area contributed by atoms with Gasteiger partial charge >= 0.3 is 5.97 Å². The first-order valence-corrected chi connectivity index (χ1v) is 9.81. The first-order chi connectivity index (χ1) is 13.6. The van der Waals surface area contributed by atoms with E-state index in [9.17, 15) is 14.7 Å². The number of carboxylic acids is 1. The lowest BCUT2D eigenvalue weighted by Gasteiger charge is -2.25. The molecule has 0 saturated carbocycles. The van der Waals surface area contributed by atoms with Crippen LogP contribution in [-0.2, 0) is 4.74 Å². The highest BCUT2D eigenvalue weighted by atomic mass is 16.5. The molecule has 1 N–H and O–H groups in total. The van der Waals surface area contributed by atoms with Crippen molar-refractivity contribution in [2.45, 2.75) is 25.7 Å². The highest BCUT2D eigenvalue weighted by Gasteiger charge is 2.25. The van der Waals surface area contributed by atoms with Crippen molar-refractivity contribution in [1.82, 2.24) is 4.90 Å². The van der Waals surface area contributed by atoms with Crippen molar-refractivity contribution >= 4 is 11.9 Å². The van der Waals surface area contributed by atoms with E-state index in [4.69, 9.17) is 4.74 Å². The van der Waals surface area contributed by atoms with E-state index in [2.05, 4.69) is 0 Å². The topological polar surface area (TPSA) is 66.8 Å².